The van der Waals surface area contributed by atoms with Gasteiger partial charge in [0.15, 0.2) is 0 Å². The summed E-state index contributed by atoms with van der Waals surface area (Å²) in [6.07, 6.45) is 6.60. The Morgan fingerprint density at radius 3 is 2.67 bits per heavy atom. The van der Waals surface area contributed by atoms with Crippen molar-refractivity contribution >= 4 is 16.9 Å². The van der Waals surface area contributed by atoms with E-state index >= 15 is 0 Å². The molecule has 0 aliphatic carbocycles. The number of H-pyrrole nitrogens is 1. The van der Waals surface area contributed by atoms with E-state index in [4.69, 9.17) is 0 Å². The second-order valence-electron chi connectivity index (χ2n) is 6.21. The molecule has 0 unspecified atom stereocenters. The monoisotopic (exact) mass is 322 g/mol. The van der Waals surface area contributed by atoms with Gasteiger partial charge >= 0.3 is 0 Å². The number of aromatic amines is 1. The summed E-state index contributed by atoms with van der Waals surface area (Å²) in [5.74, 6) is 1.03. The van der Waals surface area contributed by atoms with E-state index in [1.54, 1.807) is 6.33 Å². The van der Waals surface area contributed by atoms with Gasteiger partial charge in [-0.2, -0.15) is 0 Å². The quantitative estimate of drug-likeness (QED) is 0.798. The Hall–Kier alpha value is -2.47. The van der Waals surface area contributed by atoms with Gasteiger partial charge in [0.2, 0.25) is 0 Å². The lowest BCUT2D eigenvalue weighted by atomic mass is 10.2. The second kappa shape index (κ2) is 6.57. The van der Waals surface area contributed by atoms with Gasteiger partial charge in [-0.05, 0) is 24.1 Å². The number of rotatable bonds is 4. The molecule has 124 valence electrons. The Labute approximate surface area is 141 Å². The highest BCUT2D eigenvalue weighted by Crippen LogP contribution is 2.23. The molecule has 1 fully saturated rings. The van der Waals surface area contributed by atoms with Crippen molar-refractivity contribution in [1.82, 2.24) is 24.8 Å². The number of hydrogen-bond donors (Lipinski definition) is 1. The van der Waals surface area contributed by atoms with Crippen LogP contribution in [-0.2, 0) is 13.0 Å². The largest absolute Gasteiger partial charge is 0.353 e. The van der Waals surface area contributed by atoms with E-state index in [1.165, 1.54) is 5.56 Å². The lowest BCUT2D eigenvalue weighted by Crippen LogP contribution is -2.46. The first-order valence-electron chi connectivity index (χ1n) is 8.52. The molecule has 1 saturated heterocycles. The van der Waals surface area contributed by atoms with Crippen LogP contribution in [0.25, 0.3) is 11.0 Å². The highest BCUT2D eigenvalue weighted by molar-refractivity contribution is 5.87. The molecule has 4 heterocycles. The Morgan fingerprint density at radius 1 is 1.04 bits per heavy atom. The standard InChI is InChI=1S/C18H22N6/c1-2-14-3-4-15(20-11-14)12-23-7-9-24(10-8-23)18-16-5-6-19-17(16)21-13-22-18/h3-6,11,13H,2,7-10,12H2,1H3,(H,19,21,22). The van der Waals surface area contributed by atoms with Crippen LogP contribution in [0.4, 0.5) is 5.82 Å². The lowest BCUT2D eigenvalue weighted by Gasteiger charge is -2.35. The number of piperazine rings is 1. The topological polar surface area (TPSA) is 60.9 Å². The SMILES string of the molecule is CCc1ccc(CN2CCN(c3ncnc4[nH]ccc34)CC2)nc1. The number of aryl methyl sites for hydroxylation is 1. The third-order valence-electron chi connectivity index (χ3n) is 4.68. The average Bonchev–Trinajstić information content (AvgIpc) is 3.12. The van der Waals surface area contributed by atoms with Crippen LogP contribution in [0.5, 0.6) is 0 Å². The van der Waals surface area contributed by atoms with E-state index in [0.717, 1.165) is 61.7 Å². The third kappa shape index (κ3) is 2.97. The molecule has 0 radical (unpaired) electrons. The van der Waals surface area contributed by atoms with Crippen molar-refractivity contribution in [2.24, 2.45) is 0 Å². The van der Waals surface area contributed by atoms with Gasteiger partial charge in [0, 0.05) is 45.1 Å². The maximum Gasteiger partial charge on any atom is 0.142 e. The fourth-order valence-electron chi connectivity index (χ4n) is 3.22. The van der Waals surface area contributed by atoms with E-state index in [1.807, 2.05) is 12.4 Å². The number of anilines is 1. The summed E-state index contributed by atoms with van der Waals surface area (Å²) < 4.78 is 0. The minimum absolute atomic E-state index is 0.905. The second-order valence-corrected chi connectivity index (χ2v) is 6.21. The molecule has 0 bridgehead atoms. The Kier molecular flexibility index (Phi) is 4.13. The summed E-state index contributed by atoms with van der Waals surface area (Å²) in [6, 6.07) is 6.39. The van der Waals surface area contributed by atoms with Crippen molar-refractivity contribution in [3.8, 4) is 0 Å². The molecule has 3 aromatic rings. The molecule has 0 spiro atoms. The molecule has 1 aliphatic heterocycles. The fraction of sp³-hybridized carbons (Fsp3) is 0.389. The number of fused-ring (bicyclic) bond motifs is 1. The van der Waals surface area contributed by atoms with Gasteiger partial charge in [0.05, 0.1) is 11.1 Å². The van der Waals surface area contributed by atoms with Crippen LogP contribution < -0.4 is 4.90 Å². The summed E-state index contributed by atoms with van der Waals surface area (Å²) >= 11 is 0. The average molecular weight is 322 g/mol. The number of nitrogens with one attached hydrogen (secondary N) is 1. The molecule has 6 heteroatoms. The van der Waals surface area contributed by atoms with Crippen LogP contribution in [0.15, 0.2) is 36.9 Å². The Balaban J connectivity index is 1.40. The molecular formula is C18H22N6. The van der Waals surface area contributed by atoms with Gasteiger partial charge in [-0.25, -0.2) is 9.97 Å². The Bertz CT molecular complexity index is 802. The molecule has 0 amide bonds. The van der Waals surface area contributed by atoms with Crippen molar-refractivity contribution < 1.29 is 0 Å². The summed E-state index contributed by atoms with van der Waals surface area (Å²) in [6.45, 7) is 7.07. The molecule has 1 aliphatic rings. The third-order valence-corrected chi connectivity index (χ3v) is 4.68. The van der Waals surface area contributed by atoms with Gasteiger partial charge in [-0.3, -0.25) is 9.88 Å². The highest BCUT2D eigenvalue weighted by atomic mass is 15.3. The first-order valence-corrected chi connectivity index (χ1v) is 8.52. The van der Waals surface area contributed by atoms with E-state index in [-0.39, 0.29) is 0 Å². The number of hydrogen-bond acceptors (Lipinski definition) is 5. The first-order chi connectivity index (χ1) is 11.8. The molecule has 0 atom stereocenters. The zero-order valence-electron chi connectivity index (χ0n) is 13.9. The predicted molar refractivity (Wildman–Crippen MR) is 95.0 cm³/mol. The molecular weight excluding hydrogens is 300 g/mol. The minimum atomic E-state index is 0.905. The van der Waals surface area contributed by atoms with Crippen molar-refractivity contribution in [1.29, 1.82) is 0 Å². The van der Waals surface area contributed by atoms with Crippen LogP contribution in [-0.4, -0.2) is 51.0 Å². The Morgan fingerprint density at radius 2 is 1.92 bits per heavy atom. The molecule has 24 heavy (non-hydrogen) atoms. The van der Waals surface area contributed by atoms with E-state index in [0.29, 0.717) is 0 Å². The van der Waals surface area contributed by atoms with Crippen LogP contribution in [0.2, 0.25) is 0 Å². The maximum atomic E-state index is 4.57. The number of pyridine rings is 1. The van der Waals surface area contributed by atoms with Gasteiger partial charge in [-0.15, -0.1) is 0 Å². The fourth-order valence-corrected chi connectivity index (χ4v) is 3.22. The molecule has 3 aromatic heterocycles. The molecule has 6 nitrogen and oxygen atoms in total. The normalized spacial score (nSPS) is 16.0. The van der Waals surface area contributed by atoms with E-state index in [2.05, 4.69) is 54.9 Å². The van der Waals surface area contributed by atoms with Gasteiger partial charge in [-0.1, -0.05) is 13.0 Å². The minimum Gasteiger partial charge on any atom is -0.353 e. The zero-order valence-corrected chi connectivity index (χ0v) is 13.9. The zero-order chi connectivity index (χ0) is 16.4. The van der Waals surface area contributed by atoms with Crippen LogP contribution in [0.1, 0.15) is 18.2 Å². The number of aromatic nitrogens is 4. The smallest absolute Gasteiger partial charge is 0.142 e. The van der Waals surface area contributed by atoms with Gasteiger partial charge in [0.25, 0.3) is 0 Å². The predicted octanol–water partition coefficient (Wildman–Crippen LogP) is 2.24. The molecule has 1 N–H and O–H groups in total. The van der Waals surface area contributed by atoms with Crippen molar-refractivity contribution in [2.75, 3.05) is 31.1 Å². The van der Waals surface area contributed by atoms with Crippen LogP contribution in [0.3, 0.4) is 0 Å². The first kappa shape index (κ1) is 15.1. The molecule has 0 aromatic carbocycles. The van der Waals surface area contributed by atoms with E-state index < -0.39 is 0 Å². The van der Waals surface area contributed by atoms with E-state index in [9.17, 15) is 0 Å². The number of nitrogens with zero attached hydrogens (tertiary/aromatic N) is 5. The summed E-state index contributed by atoms with van der Waals surface area (Å²) in [7, 11) is 0. The molecule has 0 saturated carbocycles. The van der Waals surface area contributed by atoms with Gasteiger partial charge in [0.1, 0.15) is 17.8 Å². The van der Waals surface area contributed by atoms with Crippen molar-refractivity contribution in [2.45, 2.75) is 19.9 Å². The summed E-state index contributed by atoms with van der Waals surface area (Å²) in [4.78, 5) is 21.3. The maximum absolute atomic E-state index is 4.57. The lowest BCUT2D eigenvalue weighted by molar-refractivity contribution is 0.246. The summed E-state index contributed by atoms with van der Waals surface area (Å²) in [5, 5.41) is 1.10. The summed E-state index contributed by atoms with van der Waals surface area (Å²) in [5.41, 5.74) is 3.35. The van der Waals surface area contributed by atoms with Gasteiger partial charge < -0.3 is 9.88 Å². The van der Waals surface area contributed by atoms with Crippen molar-refractivity contribution in [3.63, 3.8) is 0 Å². The molecule has 4 rings (SSSR count). The van der Waals surface area contributed by atoms with Crippen molar-refractivity contribution in [3.05, 3.63) is 48.2 Å². The van der Waals surface area contributed by atoms with Crippen LogP contribution in [0, 0.1) is 0 Å². The van der Waals surface area contributed by atoms with Crippen LogP contribution >= 0.6 is 0 Å². The highest BCUT2D eigenvalue weighted by Gasteiger charge is 2.20.